The summed E-state index contributed by atoms with van der Waals surface area (Å²) in [5, 5.41) is 5.45. The lowest BCUT2D eigenvalue weighted by Crippen LogP contribution is -2.33. The molecule has 3 rings (SSSR count). The largest absolute Gasteiger partial charge is 0.343 e. The highest BCUT2D eigenvalue weighted by atomic mass is 16.2. The van der Waals surface area contributed by atoms with Crippen LogP contribution in [0.2, 0.25) is 0 Å². The summed E-state index contributed by atoms with van der Waals surface area (Å²) in [6.45, 7) is 5.93. The number of rotatable bonds is 6. The number of carbonyl (C=O) groups is 2. The molecule has 0 aliphatic rings. The van der Waals surface area contributed by atoms with Crippen molar-refractivity contribution in [3.63, 3.8) is 0 Å². The van der Waals surface area contributed by atoms with Gasteiger partial charge in [-0.3, -0.25) is 14.4 Å². The molecule has 0 radical (unpaired) electrons. The number of aryl methyl sites for hydroxylation is 3. The van der Waals surface area contributed by atoms with Gasteiger partial charge in [-0.25, -0.2) is 4.98 Å². The molecule has 150 valence electrons. The maximum atomic E-state index is 12.5. The summed E-state index contributed by atoms with van der Waals surface area (Å²) < 4.78 is 1.62. The Hall–Kier alpha value is -3.48. The van der Waals surface area contributed by atoms with E-state index < -0.39 is 0 Å². The number of fused-ring (bicyclic) bond motifs is 1. The van der Waals surface area contributed by atoms with Crippen LogP contribution in [0.15, 0.2) is 47.3 Å². The van der Waals surface area contributed by atoms with E-state index in [1.165, 1.54) is 0 Å². The minimum atomic E-state index is -0.375. The molecule has 0 atom stereocenters. The maximum absolute atomic E-state index is 12.5. The lowest BCUT2D eigenvalue weighted by molar-refractivity contribution is -0.115. The minimum Gasteiger partial charge on any atom is -0.343 e. The summed E-state index contributed by atoms with van der Waals surface area (Å²) in [7, 11) is 0. The average molecular weight is 392 g/mol. The highest BCUT2D eigenvalue weighted by Gasteiger charge is 2.13. The van der Waals surface area contributed by atoms with Crippen molar-refractivity contribution >= 4 is 28.5 Å². The Morgan fingerprint density at radius 2 is 1.86 bits per heavy atom. The highest BCUT2D eigenvalue weighted by molar-refractivity contribution is 6.01. The SMILES string of the molecule is CCc1ccccc1NC(=O)CNC(=O)c1ccc2c(c1)nc(C)c(=O)n2CC. The van der Waals surface area contributed by atoms with Crippen LogP contribution in [-0.4, -0.2) is 27.9 Å². The number of nitrogens with one attached hydrogen (secondary N) is 2. The predicted octanol–water partition coefficient (Wildman–Crippen LogP) is 2.66. The minimum absolute atomic E-state index is 0.138. The summed E-state index contributed by atoms with van der Waals surface area (Å²) in [5.74, 6) is -0.673. The number of para-hydroxylation sites is 1. The fourth-order valence-electron chi connectivity index (χ4n) is 3.24. The Labute approximate surface area is 168 Å². The second-order valence-corrected chi connectivity index (χ2v) is 6.69. The Balaban J connectivity index is 1.72. The van der Waals surface area contributed by atoms with Crippen molar-refractivity contribution < 1.29 is 9.59 Å². The molecular weight excluding hydrogens is 368 g/mol. The van der Waals surface area contributed by atoms with Crippen LogP contribution in [0, 0.1) is 6.92 Å². The zero-order valence-corrected chi connectivity index (χ0v) is 16.8. The van der Waals surface area contributed by atoms with Gasteiger partial charge >= 0.3 is 0 Å². The molecule has 7 heteroatoms. The molecule has 0 aliphatic carbocycles. The summed E-state index contributed by atoms with van der Waals surface area (Å²) in [5.41, 5.74) is 3.65. The number of amides is 2. The van der Waals surface area contributed by atoms with Crippen LogP contribution in [0.1, 0.15) is 35.5 Å². The number of hydrogen-bond acceptors (Lipinski definition) is 4. The molecule has 1 heterocycles. The molecule has 2 N–H and O–H groups in total. The van der Waals surface area contributed by atoms with Gasteiger partial charge < -0.3 is 15.2 Å². The van der Waals surface area contributed by atoms with Gasteiger partial charge in [-0.2, -0.15) is 0 Å². The number of carbonyl (C=O) groups excluding carboxylic acids is 2. The first-order chi connectivity index (χ1) is 13.9. The van der Waals surface area contributed by atoms with E-state index in [9.17, 15) is 14.4 Å². The molecule has 7 nitrogen and oxygen atoms in total. The first kappa shape index (κ1) is 20.3. The van der Waals surface area contributed by atoms with Crippen molar-refractivity contribution in [1.82, 2.24) is 14.9 Å². The molecule has 1 aromatic heterocycles. The molecule has 0 spiro atoms. The smallest absolute Gasteiger partial charge is 0.272 e. The number of hydrogen-bond donors (Lipinski definition) is 2. The van der Waals surface area contributed by atoms with E-state index in [1.807, 2.05) is 38.1 Å². The second kappa shape index (κ2) is 8.68. The Bertz CT molecular complexity index is 1130. The summed E-state index contributed by atoms with van der Waals surface area (Å²) in [6, 6.07) is 12.5. The molecule has 0 fully saturated rings. The number of anilines is 1. The molecule has 2 aromatic carbocycles. The fourth-order valence-corrected chi connectivity index (χ4v) is 3.24. The molecule has 3 aromatic rings. The van der Waals surface area contributed by atoms with E-state index in [0.29, 0.717) is 28.8 Å². The van der Waals surface area contributed by atoms with Gasteiger partial charge in [0.25, 0.3) is 11.5 Å². The van der Waals surface area contributed by atoms with E-state index in [1.54, 1.807) is 29.7 Å². The second-order valence-electron chi connectivity index (χ2n) is 6.69. The lowest BCUT2D eigenvalue weighted by atomic mass is 10.1. The van der Waals surface area contributed by atoms with Crippen molar-refractivity contribution in [1.29, 1.82) is 0 Å². The maximum Gasteiger partial charge on any atom is 0.272 e. The van der Waals surface area contributed by atoms with Crippen LogP contribution < -0.4 is 16.2 Å². The van der Waals surface area contributed by atoms with E-state index in [4.69, 9.17) is 0 Å². The molecule has 0 bridgehead atoms. The molecule has 29 heavy (non-hydrogen) atoms. The summed E-state index contributed by atoms with van der Waals surface area (Å²) in [6.07, 6.45) is 0.801. The van der Waals surface area contributed by atoms with E-state index in [0.717, 1.165) is 17.7 Å². The van der Waals surface area contributed by atoms with E-state index in [-0.39, 0.29) is 23.9 Å². The van der Waals surface area contributed by atoms with Crippen LogP contribution >= 0.6 is 0 Å². The van der Waals surface area contributed by atoms with Crippen molar-refractivity contribution in [2.45, 2.75) is 33.7 Å². The quantitative estimate of drug-likeness (QED) is 0.674. The third-order valence-electron chi connectivity index (χ3n) is 4.77. The van der Waals surface area contributed by atoms with Gasteiger partial charge in [0.1, 0.15) is 5.69 Å². The van der Waals surface area contributed by atoms with E-state index >= 15 is 0 Å². The molecule has 0 saturated heterocycles. The average Bonchev–Trinajstić information content (AvgIpc) is 2.73. The van der Waals surface area contributed by atoms with Gasteiger partial charge in [-0.1, -0.05) is 25.1 Å². The van der Waals surface area contributed by atoms with Gasteiger partial charge in [-0.15, -0.1) is 0 Å². The van der Waals surface area contributed by atoms with Crippen LogP contribution in [0.3, 0.4) is 0 Å². The number of nitrogens with zero attached hydrogens (tertiary/aromatic N) is 2. The lowest BCUT2D eigenvalue weighted by Gasteiger charge is -2.11. The third kappa shape index (κ3) is 4.34. The Morgan fingerprint density at radius 3 is 2.59 bits per heavy atom. The monoisotopic (exact) mass is 392 g/mol. The normalized spacial score (nSPS) is 10.7. The highest BCUT2D eigenvalue weighted by Crippen LogP contribution is 2.15. The van der Waals surface area contributed by atoms with Crippen molar-refractivity contribution in [2.75, 3.05) is 11.9 Å². The molecule has 0 unspecified atom stereocenters. The standard InChI is InChI=1S/C22H24N4O3/c1-4-15-8-6-7-9-17(15)25-20(27)13-23-21(28)16-10-11-19-18(12-16)24-14(3)22(29)26(19)5-2/h6-12H,4-5,13H2,1-3H3,(H,23,28)(H,25,27). The number of benzene rings is 2. The zero-order chi connectivity index (χ0) is 21.0. The van der Waals surface area contributed by atoms with Crippen molar-refractivity contribution in [2.24, 2.45) is 0 Å². The fraction of sp³-hybridized carbons (Fsp3) is 0.273. The summed E-state index contributed by atoms with van der Waals surface area (Å²) >= 11 is 0. The first-order valence-electron chi connectivity index (χ1n) is 9.61. The molecule has 0 aliphatic heterocycles. The van der Waals surface area contributed by atoms with Crippen molar-refractivity contribution in [3.8, 4) is 0 Å². The van der Waals surface area contributed by atoms with Crippen LogP contribution in [0.4, 0.5) is 5.69 Å². The van der Waals surface area contributed by atoms with Crippen LogP contribution in [-0.2, 0) is 17.8 Å². The molecule has 2 amide bonds. The van der Waals surface area contributed by atoms with Crippen LogP contribution in [0.5, 0.6) is 0 Å². The number of aromatic nitrogens is 2. The van der Waals surface area contributed by atoms with Gasteiger partial charge in [0.15, 0.2) is 0 Å². The molecule has 0 saturated carbocycles. The predicted molar refractivity (Wildman–Crippen MR) is 113 cm³/mol. The van der Waals surface area contributed by atoms with Gasteiger partial charge in [0.2, 0.25) is 5.91 Å². The molecular formula is C22H24N4O3. The van der Waals surface area contributed by atoms with Gasteiger partial charge in [-0.05, 0) is 50.1 Å². The Morgan fingerprint density at radius 1 is 1.10 bits per heavy atom. The van der Waals surface area contributed by atoms with Crippen LogP contribution in [0.25, 0.3) is 11.0 Å². The Kier molecular flexibility index (Phi) is 6.07. The first-order valence-corrected chi connectivity index (χ1v) is 9.61. The third-order valence-corrected chi connectivity index (χ3v) is 4.77. The topological polar surface area (TPSA) is 93.1 Å². The van der Waals surface area contributed by atoms with Gasteiger partial charge in [0, 0.05) is 17.8 Å². The van der Waals surface area contributed by atoms with E-state index in [2.05, 4.69) is 15.6 Å². The van der Waals surface area contributed by atoms with Gasteiger partial charge in [0.05, 0.1) is 17.6 Å². The summed E-state index contributed by atoms with van der Waals surface area (Å²) in [4.78, 5) is 41.2. The van der Waals surface area contributed by atoms with Crippen molar-refractivity contribution in [3.05, 3.63) is 69.6 Å². The zero-order valence-electron chi connectivity index (χ0n) is 16.8.